The average Bonchev–Trinajstić information content (AvgIpc) is 3.41. The van der Waals surface area contributed by atoms with Crippen LogP contribution in [0.3, 0.4) is 0 Å². The fraction of sp³-hybridized carbons (Fsp3) is 0.160. The van der Waals surface area contributed by atoms with Gasteiger partial charge in [-0.1, -0.05) is 48.5 Å². The van der Waals surface area contributed by atoms with E-state index in [2.05, 4.69) is 15.3 Å². The largest absolute Gasteiger partial charge is 0.449 e. The molecule has 0 saturated carbocycles. The Labute approximate surface area is 196 Å². The molecule has 0 saturated heterocycles. The molecule has 178 valence electrons. The number of hydrogen-bond acceptors (Lipinski definition) is 4. The molecule has 0 fully saturated rings. The maximum absolute atomic E-state index is 13.1. The molecule has 2 aromatic heterocycles. The lowest BCUT2D eigenvalue weighted by molar-refractivity contribution is -0.144. The second kappa shape index (κ2) is 8.79. The van der Waals surface area contributed by atoms with Crippen LogP contribution in [0.1, 0.15) is 29.4 Å². The Hall–Kier alpha value is -4.34. The molecule has 0 aliphatic carbocycles. The molecule has 0 bridgehead atoms. The molecular weight excluding hydrogens is 461 g/mol. The van der Waals surface area contributed by atoms with Gasteiger partial charge < -0.3 is 14.7 Å². The van der Waals surface area contributed by atoms with Crippen molar-refractivity contribution in [2.75, 3.05) is 0 Å². The van der Waals surface area contributed by atoms with Gasteiger partial charge in [-0.3, -0.25) is 9.36 Å². The summed E-state index contributed by atoms with van der Waals surface area (Å²) in [5.41, 5.74) is 2.75. The first-order chi connectivity index (χ1) is 16.8. The zero-order chi connectivity index (χ0) is 24.6. The number of aromatic nitrogens is 3. The summed E-state index contributed by atoms with van der Waals surface area (Å²) in [4.78, 5) is 31.0. The Kier molecular flexibility index (Phi) is 5.64. The van der Waals surface area contributed by atoms with Gasteiger partial charge in [0.2, 0.25) is 11.7 Å². The minimum atomic E-state index is -4.60. The number of nitrogens with one attached hydrogen (secondary N) is 2. The van der Waals surface area contributed by atoms with E-state index in [9.17, 15) is 22.8 Å². The summed E-state index contributed by atoms with van der Waals surface area (Å²) in [6.07, 6.45) is -4.60. The SMILES string of the molecule is O=C(CCn1c(=O)oc2ccccc21)NC(c1ccccc1)c1ccc2nc(C(F)(F)F)[nH]c2c1. The number of hydrogen-bond donors (Lipinski definition) is 2. The van der Waals surface area contributed by atoms with Gasteiger partial charge in [0.1, 0.15) is 0 Å². The second-order valence-corrected chi connectivity index (χ2v) is 8.01. The van der Waals surface area contributed by atoms with Crippen LogP contribution in [0.15, 0.2) is 82.0 Å². The number of oxazole rings is 1. The number of halogens is 3. The lowest BCUT2D eigenvalue weighted by Gasteiger charge is -2.20. The van der Waals surface area contributed by atoms with Crippen LogP contribution in [-0.4, -0.2) is 20.4 Å². The molecule has 2 heterocycles. The lowest BCUT2D eigenvalue weighted by Crippen LogP contribution is -2.30. The van der Waals surface area contributed by atoms with E-state index in [-0.39, 0.29) is 29.9 Å². The molecule has 3 aromatic carbocycles. The van der Waals surface area contributed by atoms with Gasteiger partial charge in [-0.05, 0) is 35.4 Å². The van der Waals surface area contributed by atoms with Gasteiger partial charge in [-0.2, -0.15) is 13.2 Å². The molecule has 35 heavy (non-hydrogen) atoms. The number of carbonyl (C=O) groups excluding carboxylic acids is 1. The molecule has 10 heteroatoms. The monoisotopic (exact) mass is 480 g/mol. The van der Waals surface area contributed by atoms with Crippen molar-refractivity contribution >= 4 is 28.0 Å². The summed E-state index contributed by atoms with van der Waals surface area (Å²) in [5.74, 6) is -1.97. The molecule has 1 amide bonds. The predicted molar refractivity (Wildman–Crippen MR) is 123 cm³/mol. The first-order valence-electron chi connectivity index (χ1n) is 10.8. The van der Waals surface area contributed by atoms with Crippen LogP contribution < -0.4 is 11.1 Å². The highest BCUT2D eigenvalue weighted by atomic mass is 19.4. The molecule has 5 rings (SSSR count). The average molecular weight is 480 g/mol. The number of para-hydroxylation sites is 2. The van der Waals surface area contributed by atoms with Gasteiger partial charge in [0.25, 0.3) is 0 Å². The third-order valence-electron chi connectivity index (χ3n) is 5.68. The van der Waals surface area contributed by atoms with Crippen molar-refractivity contribution in [1.82, 2.24) is 19.9 Å². The zero-order valence-electron chi connectivity index (χ0n) is 18.2. The molecular formula is C25H19F3N4O3. The van der Waals surface area contributed by atoms with Crippen molar-refractivity contribution in [1.29, 1.82) is 0 Å². The highest BCUT2D eigenvalue weighted by Gasteiger charge is 2.34. The number of imidazole rings is 1. The third kappa shape index (κ3) is 4.54. The summed E-state index contributed by atoms with van der Waals surface area (Å²) in [5, 5.41) is 2.94. The number of nitrogens with zero attached hydrogens (tertiary/aromatic N) is 2. The number of rotatable bonds is 6. The third-order valence-corrected chi connectivity index (χ3v) is 5.68. The topological polar surface area (TPSA) is 92.9 Å². The van der Waals surface area contributed by atoms with Gasteiger partial charge in [0.15, 0.2) is 5.58 Å². The summed E-state index contributed by atoms with van der Waals surface area (Å²) < 4.78 is 45.8. The molecule has 1 unspecified atom stereocenters. The highest BCUT2D eigenvalue weighted by Crippen LogP contribution is 2.30. The van der Waals surface area contributed by atoms with Crippen molar-refractivity contribution in [3.63, 3.8) is 0 Å². The van der Waals surface area contributed by atoms with Crippen molar-refractivity contribution in [2.45, 2.75) is 25.2 Å². The molecule has 2 N–H and O–H groups in total. The maximum atomic E-state index is 13.1. The standard InChI is InChI=1S/C25H19F3N4O3/c26-25(27,28)23-29-17-11-10-16(14-18(17)30-23)22(15-6-2-1-3-7-15)31-21(33)12-13-32-19-8-4-5-9-20(19)35-24(32)34/h1-11,14,22H,12-13H2,(H,29,30)(H,31,33). The van der Waals surface area contributed by atoms with Crippen LogP contribution >= 0.6 is 0 Å². The normalized spacial score (nSPS) is 12.8. The summed E-state index contributed by atoms with van der Waals surface area (Å²) in [6, 6.07) is 20.0. The molecule has 1 atom stereocenters. The van der Waals surface area contributed by atoms with Crippen LogP contribution in [0.2, 0.25) is 0 Å². The Morgan fingerprint density at radius 3 is 2.54 bits per heavy atom. The van der Waals surface area contributed by atoms with Crippen molar-refractivity contribution in [3.8, 4) is 0 Å². The zero-order valence-corrected chi connectivity index (χ0v) is 18.2. The van der Waals surface area contributed by atoms with Gasteiger partial charge >= 0.3 is 11.9 Å². The van der Waals surface area contributed by atoms with Crippen molar-refractivity contribution in [2.24, 2.45) is 0 Å². The van der Waals surface area contributed by atoms with Crippen LogP contribution in [0.25, 0.3) is 22.1 Å². The number of aromatic amines is 1. The smallest absolute Gasteiger partial charge is 0.408 e. The number of carbonyl (C=O) groups is 1. The Morgan fingerprint density at radius 1 is 1.03 bits per heavy atom. The second-order valence-electron chi connectivity index (χ2n) is 8.01. The van der Waals surface area contributed by atoms with E-state index in [4.69, 9.17) is 4.42 Å². The predicted octanol–water partition coefficient (Wildman–Crippen LogP) is 4.79. The molecule has 0 radical (unpaired) electrons. The van der Waals surface area contributed by atoms with Crippen molar-refractivity contribution in [3.05, 3.63) is 100 Å². The Morgan fingerprint density at radius 2 is 1.77 bits per heavy atom. The van der Waals surface area contributed by atoms with E-state index >= 15 is 0 Å². The number of H-pyrrole nitrogens is 1. The van der Waals surface area contributed by atoms with Gasteiger partial charge in [0, 0.05) is 13.0 Å². The van der Waals surface area contributed by atoms with E-state index < -0.39 is 23.8 Å². The fourth-order valence-corrected chi connectivity index (χ4v) is 4.02. The number of benzene rings is 3. The molecule has 0 aliphatic rings. The van der Waals surface area contributed by atoms with E-state index in [0.717, 1.165) is 5.56 Å². The quantitative estimate of drug-likeness (QED) is 0.366. The van der Waals surface area contributed by atoms with E-state index in [0.29, 0.717) is 16.7 Å². The van der Waals surface area contributed by atoms with E-state index in [1.165, 1.54) is 10.6 Å². The molecule has 5 aromatic rings. The maximum Gasteiger partial charge on any atom is 0.449 e. The first-order valence-corrected chi connectivity index (χ1v) is 10.8. The number of aryl methyl sites for hydroxylation is 1. The van der Waals surface area contributed by atoms with Crippen LogP contribution in [0.5, 0.6) is 0 Å². The lowest BCUT2D eigenvalue weighted by atomic mass is 9.98. The van der Waals surface area contributed by atoms with E-state index in [1.807, 2.05) is 30.3 Å². The van der Waals surface area contributed by atoms with Gasteiger partial charge in [-0.15, -0.1) is 0 Å². The Bertz CT molecular complexity index is 1570. The summed E-state index contributed by atoms with van der Waals surface area (Å²) in [6.45, 7) is 0.109. The minimum Gasteiger partial charge on any atom is -0.408 e. The molecule has 0 aliphatic heterocycles. The number of fused-ring (bicyclic) bond motifs is 2. The van der Waals surface area contributed by atoms with Crippen LogP contribution in [0.4, 0.5) is 13.2 Å². The summed E-state index contributed by atoms with van der Waals surface area (Å²) >= 11 is 0. The van der Waals surface area contributed by atoms with Crippen molar-refractivity contribution < 1.29 is 22.4 Å². The van der Waals surface area contributed by atoms with Crippen LogP contribution in [0, 0.1) is 0 Å². The molecule has 0 spiro atoms. The highest BCUT2D eigenvalue weighted by molar-refractivity contribution is 5.79. The Balaban J connectivity index is 1.41. The first kappa shape index (κ1) is 22.5. The molecule has 7 nitrogen and oxygen atoms in total. The number of alkyl halides is 3. The van der Waals surface area contributed by atoms with E-state index in [1.54, 1.807) is 36.4 Å². The number of amides is 1. The van der Waals surface area contributed by atoms with Gasteiger partial charge in [-0.25, -0.2) is 9.78 Å². The summed E-state index contributed by atoms with van der Waals surface area (Å²) in [7, 11) is 0. The van der Waals surface area contributed by atoms with Crippen LogP contribution in [-0.2, 0) is 17.5 Å². The fourth-order valence-electron chi connectivity index (χ4n) is 4.02. The minimum absolute atomic E-state index is 0.00269. The van der Waals surface area contributed by atoms with Gasteiger partial charge in [0.05, 0.1) is 22.6 Å².